The first-order chi connectivity index (χ1) is 9.58. The Morgan fingerprint density at radius 1 is 1.20 bits per heavy atom. The molecule has 0 amide bonds. The summed E-state index contributed by atoms with van der Waals surface area (Å²) in [6.45, 7) is 10.4. The first-order valence-corrected chi connectivity index (χ1v) is 7.70. The second kappa shape index (κ2) is 6.49. The maximum atomic E-state index is 6.27. The molecule has 1 aromatic carbocycles. The highest BCUT2D eigenvalue weighted by Gasteiger charge is 2.43. The number of hydrogen-bond acceptors (Lipinski definition) is 3. The first-order valence-electron chi connectivity index (χ1n) is 7.70. The normalized spacial score (nSPS) is 24.6. The Balaban J connectivity index is 2.13. The van der Waals surface area contributed by atoms with Gasteiger partial charge in [0, 0.05) is 6.04 Å². The largest absolute Gasteiger partial charge is 0.490 e. The fourth-order valence-corrected chi connectivity index (χ4v) is 3.08. The van der Waals surface area contributed by atoms with Crippen molar-refractivity contribution in [2.45, 2.75) is 52.7 Å². The van der Waals surface area contributed by atoms with Crippen molar-refractivity contribution in [3.63, 3.8) is 0 Å². The van der Waals surface area contributed by atoms with Crippen LogP contribution in [0.2, 0.25) is 0 Å². The van der Waals surface area contributed by atoms with Gasteiger partial charge >= 0.3 is 0 Å². The molecule has 20 heavy (non-hydrogen) atoms. The molecular weight excluding hydrogens is 250 g/mol. The molecule has 1 N–H and O–H groups in total. The van der Waals surface area contributed by atoms with Crippen LogP contribution in [0.3, 0.4) is 0 Å². The molecule has 0 aromatic heterocycles. The minimum Gasteiger partial charge on any atom is -0.490 e. The Kier molecular flexibility index (Phi) is 4.92. The number of likely N-dealkylation sites (N-methyl/N-ethyl adjacent to an activating group) is 1. The van der Waals surface area contributed by atoms with Crippen molar-refractivity contribution in [3.8, 4) is 11.5 Å². The third-order valence-electron chi connectivity index (χ3n) is 4.14. The van der Waals surface area contributed by atoms with Crippen molar-refractivity contribution in [3.05, 3.63) is 24.3 Å². The van der Waals surface area contributed by atoms with Gasteiger partial charge in [-0.15, -0.1) is 0 Å². The van der Waals surface area contributed by atoms with E-state index in [9.17, 15) is 0 Å². The maximum absolute atomic E-state index is 6.27. The van der Waals surface area contributed by atoms with Crippen molar-refractivity contribution < 1.29 is 9.47 Å². The number of hydrogen-bond donors (Lipinski definition) is 1. The molecule has 1 aliphatic carbocycles. The van der Waals surface area contributed by atoms with Gasteiger partial charge in [0.1, 0.15) is 6.10 Å². The van der Waals surface area contributed by atoms with E-state index in [2.05, 4.69) is 26.1 Å². The summed E-state index contributed by atoms with van der Waals surface area (Å²) in [5.74, 6) is 1.70. The van der Waals surface area contributed by atoms with Gasteiger partial charge in [-0.2, -0.15) is 0 Å². The molecule has 2 atom stereocenters. The fraction of sp³-hybridized carbons (Fsp3) is 0.647. The zero-order valence-corrected chi connectivity index (χ0v) is 13.1. The van der Waals surface area contributed by atoms with Gasteiger partial charge in [0.2, 0.25) is 0 Å². The molecule has 112 valence electrons. The van der Waals surface area contributed by atoms with Crippen LogP contribution in [0.1, 0.15) is 40.5 Å². The molecule has 3 nitrogen and oxygen atoms in total. The van der Waals surface area contributed by atoms with E-state index in [1.807, 2.05) is 31.2 Å². The van der Waals surface area contributed by atoms with E-state index in [1.165, 1.54) is 6.42 Å². The highest BCUT2D eigenvalue weighted by molar-refractivity contribution is 5.39. The number of ether oxygens (including phenoxy) is 2. The molecular formula is C17H27NO2. The van der Waals surface area contributed by atoms with Gasteiger partial charge in [-0.25, -0.2) is 0 Å². The third-order valence-corrected chi connectivity index (χ3v) is 4.14. The van der Waals surface area contributed by atoms with Gasteiger partial charge in [0.05, 0.1) is 6.61 Å². The van der Waals surface area contributed by atoms with E-state index in [4.69, 9.17) is 9.47 Å². The Bertz CT molecular complexity index is 431. The topological polar surface area (TPSA) is 30.5 Å². The van der Waals surface area contributed by atoms with Gasteiger partial charge in [0.15, 0.2) is 11.5 Å². The zero-order valence-electron chi connectivity index (χ0n) is 13.1. The SMILES string of the molecule is CCNC1C(Oc2ccccc2OCC)CCC1(C)C. The molecule has 0 saturated heterocycles. The number of nitrogens with one attached hydrogen (secondary N) is 1. The van der Waals surface area contributed by atoms with Crippen LogP contribution in [-0.4, -0.2) is 25.3 Å². The second-order valence-electron chi connectivity index (χ2n) is 6.10. The smallest absolute Gasteiger partial charge is 0.161 e. The van der Waals surface area contributed by atoms with Crippen molar-refractivity contribution in [2.75, 3.05) is 13.2 Å². The first kappa shape index (κ1) is 15.2. The Morgan fingerprint density at radius 3 is 2.55 bits per heavy atom. The average molecular weight is 277 g/mol. The maximum Gasteiger partial charge on any atom is 0.161 e. The number of para-hydroxylation sites is 2. The van der Waals surface area contributed by atoms with E-state index in [1.54, 1.807) is 0 Å². The molecule has 1 aliphatic rings. The molecule has 2 rings (SSSR count). The number of rotatable bonds is 6. The highest BCUT2D eigenvalue weighted by atomic mass is 16.5. The van der Waals surface area contributed by atoms with Gasteiger partial charge in [-0.3, -0.25) is 0 Å². The summed E-state index contributed by atoms with van der Waals surface area (Å²) >= 11 is 0. The summed E-state index contributed by atoms with van der Waals surface area (Å²) in [6.07, 6.45) is 2.49. The van der Waals surface area contributed by atoms with Crippen molar-refractivity contribution in [1.29, 1.82) is 0 Å². The van der Waals surface area contributed by atoms with Crippen LogP contribution in [0.25, 0.3) is 0 Å². The van der Waals surface area contributed by atoms with E-state index >= 15 is 0 Å². The minimum absolute atomic E-state index is 0.214. The lowest BCUT2D eigenvalue weighted by molar-refractivity contribution is 0.136. The molecule has 1 saturated carbocycles. The van der Waals surface area contributed by atoms with Crippen LogP contribution in [0.15, 0.2) is 24.3 Å². The second-order valence-corrected chi connectivity index (χ2v) is 6.10. The van der Waals surface area contributed by atoms with E-state index in [0.717, 1.165) is 24.5 Å². The Labute approximate surface area is 122 Å². The minimum atomic E-state index is 0.214. The monoisotopic (exact) mass is 277 g/mol. The average Bonchev–Trinajstić information content (AvgIpc) is 2.69. The molecule has 0 radical (unpaired) electrons. The lowest BCUT2D eigenvalue weighted by atomic mass is 9.87. The van der Waals surface area contributed by atoms with Crippen LogP contribution < -0.4 is 14.8 Å². The molecule has 0 heterocycles. The highest BCUT2D eigenvalue weighted by Crippen LogP contribution is 2.40. The molecule has 0 spiro atoms. The third kappa shape index (κ3) is 3.26. The van der Waals surface area contributed by atoms with Crippen LogP contribution in [-0.2, 0) is 0 Å². The Hall–Kier alpha value is -1.22. The lowest BCUT2D eigenvalue weighted by Crippen LogP contribution is -2.46. The van der Waals surface area contributed by atoms with E-state index in [-0.39, 0.29) is 11.5 Å². The predicted molar refractivity (Wildman–Crippen MR) is 82.5 cm³/mol. The lowest BCUT2D eigenvalue weighted by Gasteiger charge is -2.31. The van der Waals surface area contributed by atoms with Gasteiger partial charge in [0.25, 0.3) is 0 Å². The molecule has 3 heteroatoms. The summed E-state index contributed by atoms with van der Waals surface area (Å²) in [6, 6.07) is 8.35. The summed E-state index contributed by atoms with van der Waals surface area (Å²) < 4.78 is 11.9. The van der Waals surface area contributed by atoms with Crippen molar-refractivity contribution >= 4 is 0 Å². The van der Waals surface area contributed by atoms with Crippen LogP contribution >= 0.6 is 0 Å². The van der Waals surface area contributed by atoms with E-state index < -0.39 is 0 Å². The van der Waals surface area contributed by atoms with E-state index in [0.29, 0.717) is 12.6 Å². The number of benzene rings is 1. The summed E-state index contributed by atoms with van der Waals surface area (Å²) in [5.41, 5.74) is 0.279. The molecule has 2 unspecified atom stereocenters. The summed E-state index contributed by atoms with van der Waals surface area (Å²) in [5, 5.41) is 3.59. The molecule has 0 bridgehead atoms. The standard InChI is InChI=1S/C17H27NO2/c1-5-18-16-15(11-12-17(16,3)4)20-14-10-8-7-9-13(14)19-6-2/h7-10,15-16,18H,5-6,11-12H2,1-4H3. The summed E-state index contributed by atoms with van der Waals surface area (Å²) in [4.78, 5) is 0. The fourth-order valence-electron chi connectivity index (χ4n) is 3.08. The summed E-state index contributed by atoms with van der Waals surface area (Å²) in [7, 11) is 0. The zero-order chi connectivity index (χ0) is 14.6. The van der Waals surface area contributed by atoms with Gasteiger partial charge < -0.3 is 14.8 Å². The molecule has 0 aliphatic heterocycles. The van der Waals surface area contributed by atoms with Crippen LogP contribution in [0.5, 0.6) is 11.5 Å². The van der Waals surface area contributed by atoms with Crippen molar-refractivity contribution in [1.82, 2.24) is 5.32 Å². The van der Waals surface area contributed by atoms with Crippen molar-refractivity contribution in [2.24, 2.45) is 5.41 Å². The van der Waals surface area contributed by atoms with Crippen LogP contribution in [0.4, 0.5) is 0 Å². The van der Waals surface area contributed by atoms with Gasteiger partial charge in [-0.1, -0.05) is 32.9 Å². The molecule has 1 aromatic rings. The van der Waals surface area contributed by atoms with Gasteiger partial charge in [-0.05, 0) is 43.9 Å². The van der Waals surface area contributed by atoms with Crippen LogP contribution in [0, 0.1) is 5.41 Å². The quantitative estimate of drug-likeness (QED) is 0.861. The Morgan fingerprint density at radius 2 is 1.90 bits per heavy atom. The molecule has 1 fully saturated rings. The predicted octanol–water partition coefficient (Wildman–Crippen LogP) is 3.63.